The van der Waals surface area contributed by atoms with E-state index in [-0.39, 0.29) is 12.3 Å². The average molecular weight is 293 g/mol. The van der Waals surface area contributed by atoms with Crippen LogP contribution in [0.2, 0.25) is 0 Å². The Hall–Kier alpha value is -2.70. The SMILES string of the molecule is O=C(NCc1ccccn1)Nc1cccc(OC(F)F)c1. The van der Waals surface area contributed by atoms with Crippen LogP contribution in [0.4, 0.5) is 19.3 Å². The summed E-state index contributed by atoms with van der Waals surface area (Å²) >= 11 is 0. The summed E-state index contributed by atoms with van der Waals surface area (Å²) in [5.74, 6) is -0.0208. The second kappa shape index (κ2) is 7.18. The van der Waals surface area contributed by atoms with Crippen LogP contribution in [0.15, 0.2) is 48.7 Å². The molecule has 0 aliphatic rings. The first-order chi connectivity index (χ1) is 10.1. The first-order valence-corrected chi connectivity index (χ1v) is 6.13. The zero-order valence-corrected chi connectivity index (χ0v) is 10.9. The van der Waals surface area contributed by atoms with Gasteiger partial charge in [-0.3, -0.25) is 4.98 Å². The molecule has 21 heavy (non-hydrogen) atoms. The zero-order valence-electron chi connectivity index (χ0n) is 10.9. The predicted molar refractivity (Wildman–Crippen MR) is 73.2 cm³/mol. The van der Waals surface area contributed by atoms with Gasteiger partial charge in [0.05, 0.1) is 12.2 Å². The molecule has 110 valence electrons. The van der Waals surface area contributed by atoms with Crippen molar-refractivity contribution in [3.05, 3.63) is 54.4 Å². The quantitative estimate of drug-likeness (QED) is 0.890. The van der Waals surface area contributed by atoms with Gasteiger partial charge in [-0.15, -0.1) is 0 Å². The summed E-state index contributed by atoms with van der Waals surface area (Å²) in [5, 5.41) is 5.13. The van der Waals surface area contributed by atoms with Gasteiger partial charge in [0.1, 0.15) is 5.75 Å². The molecule has 0 unspecified atom stereocenters. The lowest BCUT2D eigenvalue weighted by Gasteiger charge is -2.09. The zero-order chi connectivity index (χ0) is 15.1. The van der Waals surface area contributed by atoms with Gasteiger partial charge in [-0.2, -0.15) is 8.78 Å². The Morgan fingerprint density at radius 2 is 2.10 bits per heavy atom. The maximum absolute atomic E-state index is 12.1. The fourth-order valence-corrected chi connectivity index (χ4v) is 1.60. The van der Waals surface area contributed by atoms with E-state index >= 15 is 0 Å². The smallest absolute Gasteiger partial charge is 0.387 e. The first-order valence-electron chi connectivity index (χ1n) is 6.13. The van der Waals surface area contributed by atoms with Crippen LogP contribution in [-0.2, 0) is 6.54 Å². The molecule has 7 heteroatoms. The fourth-order valence-electron chi connectivity index (χ4n) is 1.60. The summed E-state index contributed by atoms with van der Waals surface area (Å²) in [6.07, 6.45) is 1.63. The Balaban J connectivity index is 1.87. The van der Waals surface area contributed by atoms with Crippen LogP contribution >= 0.6 is 0 Å². The molecule has 0 bridgehead atoms. The molecular formula is C14H13F2N3O2. The van der Waals surface area contributed by atoms with Crippen LogP contribution in [0, 0.1) is 0 Å². The molecule has 2 aromatic rings. The molecule has 0 saturated heterocycles. The number of pyridine rings is 1. The normalized spacial score (nSPS) is 10.2. The monoisotopic (exact) mass is 293 g/mol. The number of hydrogen-bond acceptors (Lipinski definition) is 3. The molecular weight excluding hydrogens is 280 g/mol. The molecule has 0 atom stereocenters. The van der Waals surface area contributed by atoms with Gasteiger partial charge >= 0.3 is 12.6 Å². The number of hydrogen-bond donors (Lipinski definition) is 2. The third-order valence-corrected chi connectivity index (χ3v) is 2.47. The second-order valence-electron chi connectivity index (χ2n) is 4.04. The highest BCUT2D eigenvalue weighted by atomic mass is 19.3. The summed E-state index contributed by atoms with van der Waals surface area (Å²) in [5.41, 5.74) is 1.06. The van der Waals surface area contributed by atoms with E-state index in [1.807, 2.05) is 6.07 Å². The minimum atomic E-state index is -2.90. The summed E-state index contributed by atoms with van der Waals surface area (Å²) < 4.78 is 28.4. The number of anilines is 1. The minimum absolute atomic E-state index is 0.0208. The van der Waals surface area contributed by atoms with Crippen LogP contribution in [0.3, 0.4) is 0 Å². The molecule has 5 nitrogen and oxygen atoms in total. The Kier molecular flexibility index (Phi) is 5.03. The van der Waals surface area contributed by atoms with Crippen molar-refractivity contribution < 1.29 is 18.3 Å². The van der Waals surface area contributed by atoms with Crippen LogP contribution in [0.25, 0.3) is 0 Å². The summed E-state index contributed by atoms with van der Waals surface area (Å²) in [4.78, 5) is 15.7. The van der Waals surface area contributed by atoms with Crippen LogP contribution in [0.5, 0.6) is 5.75 Å². The Morgan fingerprint density at radius 1 is 1.24 bits per heavy atom. The van der Waals surface area contributed by atoms with Gasteiger partial charge in [-0.25, -0.2) is 4.79 Å². The molecule has 0 aliphatic carbocycles. The van der Waals surface area contributed by atoms with E-state index in [0.29, 0.717) is 11.4 Å². The van der Waals surface area contributed by atoms with E-state index in [2.05, 4.69) is 20.4 Å². The number of alkyl halides is 2. The molecule has 0 spiro atoms. The maximum Gasteiger partial charge on any atom is 0.387 e. The predicted octanol–water partition coefficient (Wildman–Crippen LogP) is 3.00. The molecule has 1 aromatic heterocycles. The number of halogens is 2. The lowest BCUT2D eigenvalue weighted by Crippen LogP contribution is -2.28. The van der Waals surface area contributed by atoms with Crippen molar-refractivity contribution in [1.29, 1.82) is 0 Å². The Morgan fingerprint density at radius 3 is 2.81 bits per heavy atom. The number of amides is 2. The maximum atomic E-state index is 12.1. The van der Waals surface area contributed by atoms with Gasteiger partial charge in [-0.1, -0.05) is 12.1 Å². The number of carbonyl (C=O) groups excluding carboxylic acids is 1. The molecule has 1 heterocycles. The standard InChI is InChI=1S/C14H13F2N3O2/c15-13(16)21-12-6-3-5-10(8-12)19-14(20)18-9-11-4-1-2-7-17-11/h1-8,13H,9H2,(H2,18,19,20). The van der Waals surface area contributed by atoms with E-state index in [1.54, 1.807) is 24.4 Å². The third-order valence-electron chi connectivity index (χ3n) is 2.47. The largest absolute Gasteiger partial charge is 0.435 e. The highest BCUT2D eigenvalue weighted by molar-refractivity contribution is 5.89. The lowest BCUT2D eigenvalue weighted by molar-refractivity contribution is -0.0497. The van der Waals surface area contributed by atoms with Crippen molar-refractivity contribution in [3.63, 3.8) is 0 Å². The number of nitrogens with one attached hydrogen (secondary N) is 2. The summed E-state index contributed by atoms with van der Waals surface area (Å²) in [6, 6.07) is 10.7. The first kappa shape index (κ1) is 14.7. The highest BCUT2D eigenvalue weighted by Crippen LogP contribution is 2.19. The van der Waals surface area contributed by atoms with E-state index in [9.17, 15) is 13.6 Å². The number of ether oxygens (including phenoxy) is 1. The molecule has 2 amide bonds. The number of nitrogens with zero attached hydrogens (tertiary/aromatic N) is 1. The van der Waals surface area contributed by atoms with Gasteiger partial charge in [0.25, 0.3) is 0 Å². The van der Waals surface area contributed by atoms with Crippen molar-refractivity contribution in [2.75, 3.05) is 5.32 Å². The van der Waals surface area contributed by atoms with Gasteiger partial charge in [-0.05, 0) is 24.3 Å². The van der Waals surface area contributed by atoms with Gasteiger partial charge in [0, 0.05) is 18.0 Å². The average Bonchev–Trinajstić information content (AvgIpc) is 2.46. The number of carbonyl (C=O) groups is 1. The molecule has 1 aromatic carbocycles. The topological polar surface area (TPSA) is 63.2 Å². The van der Waals surface area contributed by atoms with E-state index in [1.165, 1.54) is 18.2 Å². The highest BCUT2D eigenvalue weighted by Gasteiger charge is 2.06. The van der Waals surface area contributed by atoms with Crippen molar-refractivity contribution in [2.24, 2.45) is 0 Å². The van der Waals surface area contributed by atoms with E-state index < -0.39 is 12.6 Å². The minimum Gasteiger partial charge on any atom is -0.435 e. The third kappa shape index (κ3) is 5.06. The summed E-state index contributed by atoms with van der Waals surface area (Å²) in [6.45, 7) is -2.64. The molecule has 2 N–H and O–H groups in total. The van der Waals surface area contributed by atoms with Crippen molar-refractivity contribution in [1.82, 2.24) is 10.3 Å². The molecule has 0 radical (unpaired) electrons. The van der Waals surface area contributed by atoms with Crippen LogP contribution in [-0.4, -0.2) is 17.6 Å². The van der Waals surface area contributed by atoms with Crippen molar-refractivity contribution >= 4 is 11.7 Å². The van der Waals surface area contributed by atoms with Gasteiger partial charge < -0.3 is 15.4 Å². The summed E-state index contributed by atoms with van der Waals surface area (Å²) in [7, 11) is 0. The molecule has 0 fully saturated rings. The van der Waals surface area contributed by atoms with Crippen LogP contribution < -0.4 is 15.4 Å². The number of aromatic nitrogens is 1. The van der Waals surface area contributed by atoms with Crippen molar-refractivity contribution in [3.8, 4) is 5.75 Å². The molecule has 0 aliphatic heterocycles. The van der Waals surface area contributed by atoms with Gasteiger partial charge in [0.15, 0.2) is 0 Å². The lowest BCUT2D eigenvalue weighted by atomic mass is 10.3. The fraction of sp³-hybridized carbons (Fsp3) is 0.143. The van der Waals surface area contributed by atoms with Crippen molar-refractivity contribution in [2.45, 2.75) is 13.2 Å². The van der Waals surface area contributed by atoms with Gasteiger partial charge in [0.2, 0.25) is 0 Å². The van der Waals surface area contributed by atoms with E-state index in [4.69, 9.17) is 0 Å². The Bertz CT molecular complexity index is 594. The Labute approximate surface area is 120 Å². The molecule has 0 saturated carbocycles. The second-order valence-corrected chi connectivity index (χ2v) is 4.04. The number of rotatable bonds is 5. The number of urea groups is 1. The number of benzene rings is 1. The van der Waals surface area contributed by atoms with E-state index in [0.717, 1.165) is 0 Å². The van der Waals surface area contributed by atoms with Crippen LogP contribution in [0.1, 0.15) is 5.69 Å². The molecule has 2 rings (SSSR count).